The van der Waals surface area contributed by atoms with Crippen LogP contribution >= 0.6 is 0 Å². The van der Waals surface area contributed by atoms with Crippen LogP contribution in [0.3, 0.4) is 0 Å². The highest BCUT2D eigenvalue weighted by Gasteiger charge is 2.41. The first-order chi connectivity index (χ1) is 12.0. The first-order valence-electron chi connectivity index (χ1n) is 8.97. The molecule has 2 aliphatic heterocycles. The lowest BCUT2D eigenvalue weighted by atomic mass is 9.90. The second-order valence-corrected chi connectivity index (χ2v) is 7.21. The van der Waals surface area contributed by atoms with Crippen molar-refractivity contribution in [2.75, 3.05) is 19.8 Å². The third-order valence-electron chi connectivity index (χ3n) is 5.49. The quantitative estimate of drug-likeness (QED) is 0.833. The zero-order valence-electron chi connectivity index (χ0n) is 14.5. The van der Waals surface area contributed by atoms with Crippen molar-refractivity contribution in [3.8, 4) is 0 Å². The van der Waals surface area contributed by atoms with Crippen molar-refractivity contribution in [1.29, 1.82) is 0 Å². The normalized spacial score (nSPS) is 23.0. The van der Waals surface area contributed by atoms with Gasteiger partial charge in [-0.1, -0.05) is 24.3 Å². The zero-order chi connectivity index (χ0) is 17.6. The third kappa shape index (κ3) is 3.01. The van der Waals surface area contributed by atoms with E-state index in [4.69, 9.17) is 0 Å². The lowest BCUT2D eigenvalue weighted by molar-refractivity contribution is -0.137. The molecule has 25 heavy (non-hydrogen) atoms. The SMILES string of the molecule is CC(=O)N1CCc2ccccc2C1CC(=O)N1CC(=O)N(C2CC2)C1. The van der Waals surface area contributed by atoms with E-state index in [1.54, 1.807) is 16.7 Å². The molecule has 3 amide bonds. The first-order valence-corrected chi connectivity index (χ1v) is 8.97. The van der Waals surface area contributed by atoms with E-state index in [2.05, 4.69) is 6.07 Å². The number of hydrogen-bond acceptors (Lipinski definition) is 3. The summed E-state index contributed by atoms with van der Waals surface area (Å²) < 4.78 is 0. The standard InChI is InChI=1S/C19H23N3O3/c1-13(23)21-9-8-14-4-2-3-5-16(14)17(21)10-18(24)20-11-19(25)22(12-20)15-6-7-15/h2-5,15,17H,6-12H2,1H3. The van der Waals surface area contributed by atoms with Crippen LogP contribution in [0.25, 0.3) is 0 Å². The Balaban J connectivity index is 1.52. The van der Waals surface area contributed by atoms with E-state index in [1.807, 2.05) is 23.1 Å². The van der Waals surface area contributed by atoms with Gasteiger partial charge in [0.05, 0.1) is 19.1 Å². The van der Waals surface area contributed by atoms with Crippen LogP contribution in [0.5, 0.6) is 0 Å². The summed E-state index contributed by atoms with van der Waals surface area (Å²) in [6, 6.07) is 8.11. The molecule has 0 N–H and O–H groups in total. The molecule has 2 heterocycles. The molecule has 2 fully saturated rings. The van der Waals surface area contributed by atoms with Crippen molar-refractivity contribution in [3.63, 3.8) is 0 Å². The summed E-state index contributed by atoms with van der Waals surface area (Å²) in [6.07, 6.45) is 3.14. The van der Waals surface area contributed by atoms with Crippen molar-refractivity contribution < 1.29 is 14.4 Å². The highest BCUT2D eigenvalue weighted by atomic mass is 16.2. The minimum absolute atomic E-state index is 0.00981. The molecule has 1 aliphatic carbocycles. The number of fused-ring (bicyclic) bond motifs is 1. The summed E-state index contributed by atoms with van der Waals surface area (Å²) in [5.41, 5.74) is 2.26. The van der Waals surface area contributed by atoms with Gasteiger partial charge in [-0.2, -0.15) is 0 Å². The fourth-order valence-corrected chi connectivity index (χ4v) is 3.98. The topological polar surface area (TPSA) is 60.9 Å². The van der Waals surface area contributed by atoms with Crippen molar-refractivity contribution in [1.82, 2.24) is 14.7 Å². The number of carbonyl (C=O) groups is 3. The first kappa shape index (κ1) is 16.1. The number of rotatable bonds is 3. The molecule has 6 nitrogen and oxygen atoms in total. The molecule has 0 radical (unpaired) electrons. The van der Waals surface area contributed by atoms with Crippen molar-refractivity contribution in [3.05, 3.63) is 35.4 Å². The van der Waals surface area contributed by atoms with Gasteiger partial charge in [0.1, 0.15) is 6.54 Å². The Morgan fingerprint density at radius 2 is 1.96 bits per heavy atom. The molecule has 0 aromatic heterocycles. The fraction of sp³-hybridized carbons (Fsp3) is 0.526. The largest absolute Gasteiger partial charge is 0.335 e. The van der Waals surface area contributed by atoms with Gasteiger partial charge in [0, 0.05) is 19.5 Å². The Morgan fingerprint density at radius 3 is 2.68 bits per heavy atom. The maximum Gasteiger partial charge on any atom is 0.243 e. The van der Waals surface area contributed by atoms with E-state index in [0.717, 1.165) is 24.8 Å². The molecule has 1 atom stereocenters. The summed E-state index contributed by atoms with van der Waals surface area (Å²) in [6.45, 7) is 2.76. The highest BCUT2D eigenvalue weighted by Crippen LogP contribution is 2.34. The Labute approximate surface area is 147 Å². The number of benzene rings is 1. The molecular weight excluding hydrogens is 318 g/mol. The summed E-state index contributed by atoms with van der Waals surface area (Å²) in [5, 5.41) is 0. The molecular formula is C19H23N3O3. The molecule has 0 spiro atoms. The van der Waals surface area contributed by atoms with Gasteiger partial charge in [0.15, 0.2) is 0 Å². The van der Waals surface area contributed by atoms with Crippen LogP contribution in [0.15, 0.2) is 24.3 Å². The minimum atomic E-state index is -0.236. The summed E-state index contributed by atoms with van der Waals surface area (Å²) >= 11 is 0. The molecule has 6 heteroatoms. The van der Waals surface area contributed by atoms with Crippen molar-refractivity contribution in [2.24, 2.45) is 0 Å². The fourth-order valence-electron chi connectivity index (χ4n) is 3.98. The Kier molecular flexibility index (Phi) is 3.98. The lowest BCUT2D eigenvalue weighted by Crippen LogP contribution is -2.42. The van der Waals surface area contributed by atoms with Crippen molar-refractivity contribution >= 4 is 17.7 Å². The van der Waals surface area contributed by atoms with Gasteiger partial charge >= 0.3 is 0 Å². The number of carbonyl (C=O) groups excluding carboxylic acids is 3. The van der Waals surface area contributed by atoms with E-state index < -0.39 is 0 Å². The Morgan fingerprint density at radius 1 is 1.20 bits per heavy atom. The van der Waals surface area contributed by atoms with Gasteiger partial charge in [-0.05, 0) is 30.4 Å². The Hall–Kier alpha value is -2.37. The molecule has 3 aliphatic rings. The molecule has 1 saturated heterocycles. The monoisotopic (exact) mass is 341 g/mol. The second-order valence-electron chi connectivity index (χ2n) is 7.21. The van der Waals surface area contributed by atoms with Crippen LogP contribution in [0.2, 0.25) is 0 Å². The molecule has 1 aromatic carbocycles. The third-order valence-corrected chi connectivity index (χ3v) is 5.49. The van der Waals surface area contributed by atoms with Gasteiger partial charge in [-0.25, -0.2) is 0 Å². The van der Waals surface area contributed by atoms with Crippen LogP contribution < -0.4 is 0 Å². The number of amides is 3. The molecule has 1 saturated carbocycles. The van der Waals surface area contributed by atoms with E-state index >= 15 is 0 Å². The van der Waals surface area contributed by atoms with Crippen molar-refractivity contribution in [2.45, 2.75) is 44.7 Å². The number of nitrogens with zero attached hydrogens (tertiary/aromatic N) is 3. The second kappa shape index (κ2) is 6.17. The molecule has 1 unspecified atom stereocenters. The van der Waals surface area contributed by atoms with Crippen LogP contribution in [0.4, 0.5) is 0 Å². The van der Waals surface area contributed by atoms with Crippen LogP contribution in [-0.2, 0) is 20.8 Å². The van der Waals surface area contributed by atoms with Crippen LogP contribution in [0, 0.1) is 0 Å². The molecule has 4 rings (SSSR count). The smallest absolute Gasteiger partial charge is 0.243 e. The predicted molar refractivity (Wildman–Crippen MR) is 91.3 cm³/mol. The maximum absolute atomic E-state index is 12.8. The van der Waals surface area contributed by atoms with E-state index in [9.17, 15) is 14.4 Å². The molecule has 0 bridgehead atoms. The van der Waals surface area contributed by atoms with Gasteiger partial charge < -0.3 is 14.7 Å². The van der Waals surface area contributed by atoms with E-state index in [1.165, 1.54) is 5.56 Å². The van der Waals surface area contributed by atoms with Crippen LogP contribution in [-0.4, -0.2) is 58.2 Å². The van der Waals surface area contributed by atoms with E-state index in [0.29, 0.717) is 19.3 Å². The van der Waals surface area contributed by atoms with Gasteiger partial charge in [0.25, 0.3) is 0 Å². The van der Waals surface area contributed by atoms with Crippen LogP contribution in [0.1, 0.15) is 43.4 Å². The average molecular weight is 341 g/mol. The highest BCUT2D eigenvalue weighted by molar-refractivity contribution is 5.88. The molecule has 132 valence electrons. The average Bonchev–Trinajstić information content (AvgIpc) is 3.36. The lowest BCUT2D eigenvalue weighted by Gasteiger charge is -2.37. The maximum atomic E-state index is 12.8. The summed E-state index contributed by atoms with van der Waals surface area (Å²) in [7, 11) is 0. The summed E-state index contributed by atoms with van der Waals surface area (Å²) in [4.78, 5) is 42.2. The van der Waals surface area contributed by atoms with E-state index in [-0.39, 0.29) is 36.7 Å². The predicted octanol–water partition coefficient (Wildman–Crippen LogP) is 1.31. The van der Waals surface area contributed by atoms with Gasteiger partial charge in [0.2, 0.25) is 17.7 Å². The van der Waals surface area contributed by atoms with Gasteiger partial charge in [-0.15, -0.1) is 0 Å². The zero-order valence-corrected chi connectivity index (χ0v) is 14.5. The number of hydrogen-bond donors (Lipinski definition) is 0. The summed E-state index contributed by atoms with van der Waals surface area (Å²) in [5.74, 6) is -0.0165. The minimum Gasteiger partial charge on any atom is -0.335 e. The van der Waals surface area contributed by atoms with Gasteiger partial charge in [-0.3, -0.25) is 14.4 Å². The Bertz CT molecular complexity index is 728. The molecule has 1 aromatic rings.